The summed E-state index contributed by atoms with van der Waals surface area (Å²) in [5.74, 6) is 1.31. The number of ether oxygens (including phenoxy) is 2. The van der Waals surface area contributed by atoms with Gasteiger partial charge in [-0.15, -0.1) is 0 Å². The molecule has 0 bridgehead atoms. The lowest BCUT2D eigenvalue weighted by Crippen LogP contribution is -2.23. The molecule has 0 atom stereocenters. The highest BCUT2D eigenvalue weighted by molar-refractivity contribution is 6.08. The number of nitrogens with two attached hydrogens (primary N) is 1. The van der Waals surface area contributed by atoms with Crippen LogP contribution in [0.1, 0.15) is 42.9 Å². The Hall–Kier alpha value is -3.88. The van der Waals surface area contributed by atoms with Crippen LogP contribution < -0.4 is 20.9 Å². The third kappa shape index (κ3) is 5.72. The average Bonchev–Trinajstić information content (AvgIpc) is 3.18. The molecule has 34 heavy (non-hydrogen) atoms. The molecule has 0 aliphatic heterocycles. The van der Waals surface area contributed by atoms with Crippen LogP contribution >= 0.6 is 0 Å². The molecule has 2 N–H and O–H groups in total. The molecule has 1 heterocycles. The molecule has 0 aliphatic carbocycles. The van der Waals surface area contributed by atoms with E-state index in [1.807, 2.05) is 37.3 Å². The van der Waals surface area contributed by atoms with Crippen molar-refractivity contribution in [2.24, 2.45) is 17.8 Å². The van der Waals surface area contributed by atoms with Crippen LogP contribution in [0.25, 0.3) is 5.69 Å². The Morgan fingerprint density at radius 1 is 1.18 bits per heavy atom. The number of hydrogen-bond donors (Lipinski definition) is 1. The zero-order valence-electron chi connectivity index (χ0n) is 20.2. The van der Waals surface area contributed by atoms with E-state index in [1.54, 1.807) is 26.3 Å². The van der Waals surface area contributed by atoms with Gasteiger partial charge in [0, 0.05) is 19.2 Å². The standard InChI is InChI=1S/C25H32N6O3/c1-5-6-7-15-27-21(13-14-26)19-11-12-23(18(2)16-19)34-17-20-22(9-8-10-24(20)33-4)31-25(32)30(3)28-29-31/h8-14,16H,5-7,15,17,26H2,1-4H3. The van der Waals surface area contributed by atoms with Gasteiger partial charge in [0.05, 0.1) is 24.1 Å². The topological polar surface area (TPSA) is 110 Å². The number of nitrogens with zero attached hydrogens (tertiary/aromatic N) is 5. The summed E-state index contributed by atoms with van der Waals surface area (Å²) in [6, 6.07) is 11.3. The predicted octanol–water partition coefficient (Wildman–Crippen LogP) is 3.31. The average molecular weight is 465 g/mol. The summed E-state index contributed by atoms with van der Waals surface area (Å²) in [5.41, 5.74) is 9.33. The summed E-state index contributed by atoms with van der Waals surface area (Å²) in [7, 11) is 3.13. The molecule has 0 fully saturated rings. The number of benzene rings is 2. The van der Waals surface area contributed by atoms with E-state index in [0.29, 0.717) is 22.7 Å². The molecule has 0 saturated heterocycles. The number of aromatic nitrogens is 4. The molecule has 0 spiro atoms. The quantitative estimate of drug-likeness (QED) is 0.344. The molecule has 9 heteroatoms. The van der Waals surface area contributed by atoms with Gasteiger partial charge >= 0.3 is 5.69 Å². The third-order valence-corrected chi connectivity index (χ3v) is 5.42. The van der Waals surface area contributed by atoms with Crippen LogP contribution in [0, 0.1) is 6.92 Å². The Balaban J connectivity index is 1.85. The van der Waals surface area contributed by atoms with Crippen LogP contribution in [0.4, 0.5) is 0 Å². The first kappa shape index (κ1) is 24.8. The van der Waals surface area contributed by atoms with Gasteiger partial charge < -0.3 is 15.2 Å². The summed E-state index contributed by atoms with van der Waals surface area (Å²) >= 11 is 0. The van der Waals surface area contributed by atoms with E-state index < -0.39 is 0 Å². The number of aliphatic imine (C=N–C) groups is 1. The van der Waals surface area contributed by atoms with Gasteiger partial charge in [-0.05, 0) is 71.9 Å². The highest BCUT2D eigenvalue weighted by atomic mass is 16.5. The summed E-state index contributed by atoms with van der Waals surface area (Å²) < 4.78 is 14.1. The number of hydrogen-bond acceptors (Lipinski definition) is 7. The second kappa shape index (κ2) is 11.8. The fraction of sp³-hybridized carbons (Fsp3) is 0.360. The fourth-order valence-electron chi connectivity index (χ4n) is 3.57. The Kier molecular flexibility index (Phi) is 8.61. The van der Waals surface area contributed by atoms with Crippen LogP contribution in [-0.4, -0.2) is 39.2 Å². The molecule has 0 radical (unpaired) electrons. The minimum absolute atomic E-state index is 0.184. The van der Waals surface area contributed by atoms with Crippen molar-refractivity contribution in [2.45, 2.75) is 39.7 Å². The zero-order valence-corrected chi connectivity index (χ0v) is 20.2. The Morgan fingerprint density at radius 3 is 2.65 bits per heavy atom. The SMILES string of the molecule is CCCCCN=C(C=CN)c1ccc(OCc2c(OC)cccc2-n2nnn(C)c2=O)c(C)c1. The second-order valence-corrected chi connectivity index (χ2v) is 7.86. The molecule has 0 aliphatic rings. The maximum Gasteiger partial charge on any atom is 0.368 e. The fourth-order valence-corrected chi connectivity index (χ4v) is 3.57. The van der Waals surface area contributed by atoms with Gasteiger partial charge in [-0.2, -0.15) is 9.36 Å². The van der Waals surface area contributed by atoms with Gasteiger partial charge in [0.1, 0.15) is 18.1 Å². The van der Waals surface area contributed by atoms with E-state index in [-0.39, 0.29) is 12.3 Å². The maximum atomic E-state index is 12.4. The Bertz CT molecular complexity index is 1230. The summed E-state index contributed by atoms with van der Waals surface area (Å²) in [6.45, 7) is 5.11. The zero-order chi connectivity index (χ0) is 24.5. The van der Waals surface area contributed by atoms with Gasteiger partial charge in [0.2, 0.25) is 0 Å². The lowest BCUT2D eigenvalue weighted by atomic mass is 10.1. The first-order valence-corrected chi connectivity index (χ1v) is 11.3. The van der Waals surface area contributed by atoms with E-state index in [0.717, 1.165) is 42.6 Å². The lowest BCUT2D eigenvalue weighted by Gasteiger charge is -2.15. The highest BCUT2D eigenvalue weighted by Gasteiger charge is 2.16. The van der Waals surface area contributed by atoms with Gasteiger partial charge in [-0.1, -0.05) is 25.8 Å². The monoisotopic (exact) mass is 464 g/mol. The predicted molar refractivity (Wildman–Crippen MR) is 133 cm³/mol. The van der Waals surface area contributed by atoms with Gasteiger partial charge in [0.15, 0.2) is 0 Å². The minimum Gasteiger partial charge on any atom is -0.496 e. The number of unbranched alkanes of at least 4 members (excludes halogenated alkanes) is 2. The number of tetrazole rings is 1. The molecule has 3 rings (SSSR count). The van der Waals surface area contributed by atoms with Crippen molar-refractivity contribution < 1.29 is 9.47 Å². The second-order valence-electron chi connectivity index (χ2n) is 7.86. The van der Waals surface area contributed by atoms with Crippen molar-refractivity contribution in [1.29, 1.82) is 0 Å². The van der Waals surface area contributed by atoms with Crippen molar-refractivity contribution in [1.82, 2.24) is 19.8 Å². The van der Waals surface area contributed by atoms with Crippen molar-refractivity contribution >= 4 is 5.71 Å². The first-order chi connectivity index (χ1) is 16.5. The Labute approximate surface area is 199 Å². The maximum absolute atomic E-state index is 12.4. The van der Waals surface area contributed by atoms with Crippen LogP contribution in [-0.2, 0) is 13.7 Å². The lowest BCUT2D eigenvalue weighted by molar-refractivity contribution is 0.294. The van der Waals surface area contributed by atoms with Gasteiger partial charge in [-0.25, -0.2) is 4.79 Å². The summed E-state index contributed by atoms with van der Waals surface area (Å²) in [6.07, 6.45) is 6.69. The van der Waals surface area contributed by atoms with Crippen LogP contribution in [0.2, 0.25) is 0 Å². The Morgan fingerprint density at radius 2 is 2.00 bits per heavy atom. The largest absolute Gasteiger partial charge is 0.496 e. The molecule has 180 valence electrons. The first-order valence-electron chi connectivity index (χ1n) is 11.3. The van der Waals surface area contributed by atoms with E-state index >= 15 is 0 Å². The summed E-state index contributed by atoms with van der Waals surface area (Å²) in [4.78, 5) is 17.1. The van der Waals surface area contributed by atoms with E-state index in [4.69, 9.17) is 20.2 Å². The van der Waals surface area contributed by atoms with Gasteiger partial charge in [0.25, 0.3) is 0 Å². The van der Waals surface area contributed by atoms with Crippen LogP contribution in [0.3, 0.4) is 0 Å². The molecular weight excluding hydrogens is 432 g/mol. The molecule has 1 aromatic heterocycles. The molecule has 0 amide bonds. The number of allylic oxidation sites excluding steroid dienone is 1. The highest BCUT2D eigenvalue weighted by Crippen LogP contribution is 2.27. The van der Waals surface area contributed by atoms with Gasteiger partial charge in [-0.3, -0.25) is 4.99 Å². The molecule has 9 nitrogen and oxygen atoms in total. The molecule has 0 saturated carbocycles. The smallest absolute Gasteiger partial charge is 0.368 e. The molecular formula is C25H32N6O3. The third-order valence-electron chi connectivity index (χ3n) is 5.42. The van der Waals surface area contributed by atoms with E-state index in [9.17, 15) is 4.79 Å². The van der Waals surface area contributed by atoms with Crippen molar-refractivity contribution in [3.63, 3.8) is 0 Å². The van der Waals surface area contributed by atoms with E-state index in [1.165, 1.54) is 15.6 Å². The molecule has 0 unspecified atom stereocenters. The summed E-state index contributed by atoms with van der Waals surface area (Å²) in [5, 5.41) is 7.76. The molecule has 2 aromatic carbocycles. The minimum atomic E-state index is -0.353. The van der Waals surface area contributed by atoms with Crippen LogP contribution in [0.5, 0.6) is 11.5 Å². The number of methoxy groups -OCH3 is 1. The number of rotatable bonds is 11. The molecule has 3 aromatic rings. The van der Waals surface area contributed by atoms with Crippen molar-refractivity contribution in [3.05, 3.63) is 75.8 Å². The number of aryl methyl sites for hydroxylation is 2. The van der Waals surface area contributed by atoms with Crippen LogP contribution in [0.15, 0.2) is 58.5 Å². The van der Waals surface area contributed by atoms with E-state index in [2.05, 4.69) is 17.4 Å². The normalized spacial score (nSPS) is 11.8. The van der Waals surface area contributed by atoms with Crippen molar-refractivity contribution in [2.75, 3.05) is 13.7 Å². The van der Waals surface area contributed by atoms with Crippen molar-refractivity contribution in [3.8, 4) is 17.2 Å².